The number of oxazole rings is 1. The van der Waals surface area contributed by atoms with E-state index >= 15 is 0 Å². The summed E-state index contributed by atoms with van der Waals surface area (Å²) in [6, 6.07) is 0. The van der Waals surface area contributed by atoms with Gasteiger partial charge in [-0.2, -0.15) is 0 Å². The molecule has 1 saturated carbocycles. The van der Waals surface area contributed by atoms with E-state index in [0.29, 0.717) is 0 Å². The predicted octanol–water partition coefficient (Wildman–Crippen LogP) is 3.01. The molecule has 2 rings (SSSR count). The number of nitrogens with one attached hydrogen (secondary N) is 1. The molecule has 1 aliphatic carbocycles. The van der Waals surface area contributed by atoms with Gasteiger partial charge in [-0.1, -0.05) is 33.1 Å². The van der Waals surface area contributed by atoms with Gasteiger partial charge in [0.15, 0.2) is 6.39 Å². The molecule has 3 heteroatoms. The molecule has 1 N–H and O–H groups in total. The molecule has 1 fully saturated rings. The molecule has 16 heavy (non-hydrogen) atoms. The fourth-order valence-electron chi connectivity index (χ4n) is 2.69. The van der Waals surface area contributed by atoms with E-state index < -0.39 is 0 Å². The van der Waals surface area contributed by atoms with Gasteiger partial charge in [-0.25, -0.2) is 4.98 Å². The Bertz CT molecular complexity index is 326. The molecule has 0 saturated heterocycles. The topological polar surface area (TPSA) is 38.1 Å². The van der Waals surface area contributed by atoms with Crippen LogP contribution in [-0.4, -0.2) is 11.5 Å². The van der Waals surface area contributed by atoms with Crippen molar-refractivity contribution in [3.8, 4) is 0 Å². The molecule has 0 aliphatic heterocycles. The summed E-state index contributed by atoms with van der Waals surface area (Å²) in [5.74, 6) is 1.12. The molecule has 0 bridgehead atoms. The van der Waals surface area contributed by atoms with Crippen molar-refractivity contribution >= 4 is 0 Å². The lowest BCUT2D eigenvalue weighted by Gasteiger charge is -2.32. The quantitative estimate of drug-likeness (QED) is 0.851. The summed E-state index contributed by atoms with van der Waals surface area (Å²) in [5.41, 5.74) is 1.32. The fraction of sp³-hybridized carbons (Fsp3) is 0.769. The van der Waals surface area contributed by atoms with Crippen molar-refractivity contribution in [2.75, 3.05) is 6.54 Å². The smallest absolute Gasteiger partial charge is 0.181 e. The highest BCUT2D eigenvalue weighted by atomic mass is 16.3. The van der Waals surface area contributed by atoms with Crippen molar-refractivity contribution in [2.45, 2.75) is 57.9 Å². The minimum Gasteiger partial charge on any atom is -0.448 e. The largest absolute Gasteiger partial charge is 0.448 e. The maximum atomic E-state index is 5.65. The minimum atomic E-state index is 0.222. The van der Waals surface area contributed by atoms with Crippen LogP contribution in [0.3, 0.4) is 0 Å². The summed E-state index contributed by atoms with van der Waals surface area (Å²) in [4.78, 5) is 4.34. The summed E-state index contributed by atoms with van der Waals surface area (Å²) >= 11 is 0. The average molecular weight is 222 g/mol. The van der Waals surface area contributed by atoms with Crippen molar-refractivity contribution in [3.05, 3.63) is 17.8 Å². The van der Waals surface area contributed by atoms with Gasteiger partial charge in [0.1, 0.15) is 5.76 Å². The van der Waals surface area contributed by atoms with Gasteiger partial charge in [-0.3, -0.25) is 0 Å². The molecule has 3 nitrogen and oxygen atoms in total. The molecule has 0 amide bonds. The highest BCUT2D eigenvalue weighted by molar-refractivity contribution is 5.19. The van der Waals surface area contributed by atoms with Crippen LogP contribution >= 0.6 is 0 Å². The number of hydrogen-bond acceptors (Lipinski definition) is 3. The highest BCUT2D eigenvalue weighted by Gasteiger charge is 2.34. The Kier molecular flexibility index (Phi) is 3.64. The van der Waals surface area contributed by atoms with Crippen LogP contribution in [0.15, 0.2) is 10.8 Å². The van der Waals surface area contributed by atoms with Crippen LogP contribution in [0.2, 0.25) is 0 Å². The monoisotopic (exact) mass is 222 g/mol. The average Bonchev–Trinajstić information content (AvgIpc) is 2.76. The Labute approximate surface area is 97.6 Å². The van der Waals surface area contributed by atoms with Gasteiger partial charge in [0.25, 0.3) is 0 Å². The summed E-state index contributed by atoms with van der Waals surface area (Å²) in [5, 5.41) is 3.32. The first-order valence-electron chi connectivity index (χ1n) is 6.40. The first kappa shape index (κ1) is 11.6. The minimum absolute atomic E-state index is 0.222. The first-order chi connectivity index (χ1) is 7.76. The van der Waals surface area contributed by atoms with Crippen molar-refractivity contribution in [3.63, 3.8) is 0 Å². The molecular weight excluding hydrogens is 200 g/mol. The zero-order chi connectivity index (χ0) is 11.4. The molecule has 0 spiro atoms. The van der Waals surface area contributed by atoms with Crippen molar-refractivity contribution in [2.24, 2.45) is 0 Å². The van der Waals surface area contributed by atoms with Crippen LogP contribution in [0.1, 0.15) is 57.4 Å². The Morgan fingerprint density at radius 1 is 1.38 bits per heavy atom. The van der Waals surface area contributed by atoms with Crippen LogP contribution in [0.4, 0.5) is 0 Å². The van der Waals surface area contributed by atoms with E-state index in [9.17, 15) is 0 Å². The van der Waals surface area contributed by atoms with Gasteiger partial charge in [0.05, 0.1) is 5.69 Å². The third-order valence-corrected chi connectivity index (χ3v) is 3.69. The van der Waals surface area contributed by atoms with E-state index in [1.807, 2.05) is 0 Å². The van der Waals surface area contributed by atoms with Gasteiger partial charge >= 0.3 is 0 Å². The molecule has 0 radical (unpaired) electrons. The molecular formula is C13H22N2O. The summed E-state index contributed by atoms with van der Waals surface area (Å²) in [6.45, 7) is 6.24. The van der Waals surface area contributed by atoms with E-state index in [4.69, 9.17) is 4.42 Å². The third kappa shape index (κ3) is 2.29. The number of rotatable bonds is 4. The van der Waals surface area contributed by atoms with Gasteiger partial charge in [0.2, 0.25) is 0 Å². The second kappa shape index (κ2) is 5.00. The van der Waals surface area contributed by atoms with E-state index in [0.717, 1.165) is 24.5 Å². The maximum absolute atomic E-state index is 5.65. The predicted molar refractivity (Wildman–Crippen MR) is 64.3 cm³/mol. The van der Waals surface area contributed by atoms with Crippen LogP contribution in [-0.2, 0) is 12.0 Å². The zero-order valence-corrected chi connectivity index (χ0v) is 10.4. The second-order valence-corrected chi connectivity index (χ2v) is 5.03. The second-order valence-electron chi connectivity index (χ2n) is 5.03. The van der Waals surface area contributed by atoms with Gasteiger partial charge in [0, 0.05) is 12.0 Å². The number of nitrogens with zero attached hydrogens (tertiary/aromatic N) is 1. The number of hydrogen-bond donors (Lipinski definition) is 1. The molecule has 1 aromatic rings. The number of aromatic nitrogens is 1. The summed E-state index contributed by atoms with van der Waals surface area (Å²) in [7, 11) is 0. The van der Waals surface area contributed by atoms with Crippen LogP contribution in [0.5, 0.6) is 0 Å². The highest BCUT2D eigenvalue weighted by Crippen LogP contribution is 2.40. The zero-order valence-electron chi connectivity index (χ0n) is 10.4. The Morgan fingerprint density at radius 2 is 2.12 bits per heavy atom. The van der Waals surface area contributed by atoms with Crippen molar-refractivity contribution in [1.29, 1.82) is 0 Å². The van der Waals surface area contributed by atoms with Crippen LogP contribution < -0.4 is 5.32 Å². The van der Waals surface area contributed by atoms with Gasteiger partial charge in [-0.15, -0.1) is 0 Å². The Hall–Kier alpha value is -0.830. The van der Waals surface area contributed by atoms with Crippen molar-refractivity contribution in [1.82, 2.24) is 10.3 Å². The van der Waals surface area contributed by atoms with Crippen LogP contribution in [0.25, 0.3) is 0 Å². The molecule has 1 heterocycles. The SMILES string of the molecule is CCNCc1ncoc1C1(C)CCCCC1. The van der Waals surface area contributed by atoms with Gasteiger partial charge in [-0.05, 0) is 19.4 Å². The lowest BCUT2D eigenvalue weighted by Crippen LogP contribution is -2.27. The van der Waals surface area contributed by atoms with E-state index in [2.05, 4.69) is 24.1 Å². The van der Waals surface area contributed by atoms with Gasteiger partial charge < -0.3 is 9.73 Å². The molecule has 0 aromatic carbocycles. The maximum Gasteiger partial charge on any atom is 0.181 e. The van der Waals surface area contributed by atoms with E-state index in [-0.39, 0.29) is 5.41 Å². The fourth-order valence-corrected chi connectivity index (χ4v) is 2.69. The molecule has 0 atom stereocenters. The first-order valence-corrected chi connectivity index (χ1v) is 6.40. The van der Waals surface area contributed by atoms with E-state index in [1.54, 1.807) is 6.39 Å². The van der Waals surface area contributed by atoms with Crippen molar-refractivity contribution < 1.29 is 4.42 Å². The lowest BCUT2D eigenvalue weighted by molar-refractivity contribution is 0.264. The van der Waals surface area contributed by atoms with Crippen LogP contribution in [0, 0.1) is 0 Å². The Balaban J connectivity index is 2.15. The summed E-state index contributed by atoms with van der Waals surface area (Å²) in [6.07, 6.45) is 8.08. The normalized spacial score (nSPS) is 19.9. The molecule has 90 valence electrons. The molecule has 0 unspecified atom stereocenters. The Morgan fingerprint density at radius 3 is 2.81 bits per heavy atom. The summed E-state index contributed by atoms with van der Waals surface area (Å²) < 4.78 is 5.65. The van der Waals surface area contributed by atoms with E-state index in [1.165, 1.54) is 32.1 Å². The lowest BCUT2D eigenvalue weighted by atomic mass is 9.73. The third-order valence-electron chi connectivity index (χ3n) is 3.69. The molecule has 1 aromatic heterocycles. The molecule has 1 aliphatic rings. The standard InChI is InChI=1S/C13H22N2O/c1-3-14-9-11-12(16-10-15-11)13(2)7-5-4-6-8-13/h10,14H,3-9H2,1-2H3.